The quantitative estimate of drug-likeness (QED) is 0.753. The summed E-state index contributed by atoms with van der Waals surface area (Å²) in [4.78, 5) is 11.6. The first-order valence-electron chi connectivity index (χ1n) is 6.09. The molecule has 1 aromatic carbocycles. The van der Waals surface area contributed by atoms with Gasteiger partial charge in [-0.3, -0.25) is 4.79 Å². The van der Waals surface area contributed by atoms with E-state index in [0.717, 1.165) is 12.0 Å². The largest absolute Gasteiger partial charge is 0.493 e. The summed E-state index contributed by atoms with van der Waals surface area (Å²) in [5, 5.41) is 0. The third kappa shape index (κ3) is 2.42. The molecule has 1 fully saturated rings. The molecule has 18 heavy (non-hydrogen) atoms. The van der Waals surface area contributed by atoms with E-state index in [1.807, 2.05) is 25.1 Å². The maximum atomic E-state index is 11.6. The van der Waals surface area contributed by atoms with E-state index in [0.29, 0.717) is 18.1 Å². The third-order valence-corrected chi connectivity index (χ3v) is 3.22. The minimum atomic E-state index is -0.0997. The number of ether oxygens (including phenoxy) is 3. The van der Waals surface area contributed by atoms with Gasteiger partial charge in [0.1, 0.15) is 0 Å². The Bertz CT molecular complexity index is 441. The Balaban J connectivity index is 2.10. The minimum absolute atomic E-state index is 0.00283. The van der Waals surface area contributed by atoms with Crippen LogP contribution in [0.2, 0.25) is 0 Å². The summed E-state index contributed by atoms with van der Waals surface area (Å²) in [7, 11) is 3.22. The summed E-state index contributed by atoms with van der Waals surface area (Å²) in [5.41, 5.74) is 1.10. The smallest absolute Gasteiger partial charge is 0.309 e. The molecule has 0 radical (unpaired) electrons. The van der Waals surface area contributed by atoms with Gasteiger partial charge in [0.2, 0.25) is 0 Å². The van der Waals surface area contributed by atoms with E-state index in [9.17, 15) is 4.79 Å². The van der Waals surface area contributed by atoms with Crippen LogP contribution in [0.4, 0.5) is 0 Å². The Labute approximate surface area is 107 Å². The summed E-state index contributed by atoms with van der Waals surface area (Å²) >= 11 is 0. The summed E-state index contributed by atoms with van der Waals surface area (Å²) in [6, 6.07) is 5.78. The SMILES string of the molecule is CCOC(=O)[C@H]1C[C@@H]1c1ccc(OC)c(OC)c1. The molecule has 2 rings (SSSR count). The minimum Gasteiger partial charge on any atom is -0.493 e. The van der Waals surface area contributed by atoms with Gasteiger partial charge in [0.15, 0.2) is 11.5 Å². The highest BCUT2D eigenvalue weighted by Gasteiger charge is 2.45. The van der Waals surface area contributed by atoms with Crippen molar-refractivity contribution in [3.8, 4) is 11.5 Å². The van der Waals surface area contributed by atoms with Crippen LogP contribution in [0.15, 0.2) is 18.2 Å². The van der Waals surface area contributed by atoms with E-state index in [4.69, 9.17) is 14.2 Å². The second-order valence-electron chi connectivity index (χ2n) is 4.32. The lowest BCUT2D eigenvalue weighted by Gasteiger charge is -2.09. The van der Waals surface area contributed by atoms with Gasteiger partial charge in [-0.15, -0.1) is 0 Å². The number of hydrogen-bond donors (Lipinski definition) is 0. The van der Waals surface area contributed by atoms with Gasteiger partial charge in [0.05, 0.1) is 26.7 Å². The number of benzene rings is 1. The molecule has 0 aromatic heterocycles. The zero-order chi connectivity index (χ0) is 13.1. The molecule has 0 unspecified atom stereocenters. The monoisotopic (exact) mass is 250 g/mol. The van der Waals surface area contributed by atoms with Crippen molar-refractivity contribution in [2.45, 2.75) is 19.3 Å². The van der Waals surface area contributed by atoms with Crippen LogP contribution in [0.3, 0.4) is 0 Å². The average Bonchev–Trinajstić information content (AvgIpc) is 3.18. The second-order valence-corrected chi connectivity index (χ2v) is 4.32. The number of esters is 1. The fourth-order valence-electron chi connectivity index (χ4n) is 2.16. The van der Waals surface area contributed by atoms with Gasteiger partial charge in [-0.25, -0.2) is 0 Å². The van der Waals surface area contributed by atoms with Crippen molar-refractivity contribution in [2.75, 3.05) is 20.8 Å². The van der Waals surface area contributed by atoms with Gasteiger partial charge >= 0.3 is 5.97 Å². The van der Waals surface area contributed by atoms with Crippen LogP contribution in [0, 0.1) is 5.92 Å². The summed E-state index contributed by atoms with van der Waals surface area (Å²) in [6.07, 6.45) is 0.855. The first kappa shape index (κ1) is 12.7. The molecule has 1 aliphatic carbocycles. The Morgan fingerprint density at radius 3 is 2.61 bits per heavy atom. The van der Waals surface area contributed by atoms with E-state index < -0.39 is 0 Å². The van der Waals surface area contributed by atoms with Crippen molar-refractivity contribution < 1.29 is 19.0 Å². The highest BCUT2D eigenvalue weighted by atomic mass is 16.5. The fourth-order valence-corrected chi connectivity index (χ4v) is 2.16. The standard InChI is InChI=1S/C14H18O4/c1-4-18-14(15)11-8-10(11)9-5-6-12(16-2)13(7-9)17-3/h5-7,10-11H,4,8H2,1-3H3/t10-,11+/m1/s1. The van der Waals surface area contributed by atoms with Gasteiger partial charge in [-0.2, -0.15) is 0 Å². The maximum Gasteiger partial charge on any atom is 0.309 e. The predicted molar refractivity (Wildman–Crippen MR) is 67.0 cm³/mol. The molecule has 98 valence electrons. The van der Waals surface area contributed by atoms with E-state index in [2.05, 4.69) is 0 Å². The molecular formula is C14H18O4. The van der Waals surface area contributed by atoms with Crippen molar-refractivity contribution in [2.24, 2.45) is 5.92 Å². The molecule has 0 saturated heterocycles. The van der Waals surface area contributed by atoms with Crippen LogP contribution in [-0.4, -0.2) is 26.8 Å². The van der Waals surface area contributed by atoms with Gasteiger partial charge in [-0.1, -0.05) is 6.07 Å². The molecule has 2 atom stereocenters. The number of methoxy groups -OCH3 is 2. The molecule has 0 N–H and O–H groups in total. The second kappa shape index (κ2) is 5.29. The molecule has 1 aromatic rings. The number of rotatable bonds is 5. The zero-order valence-electron chi connectivity index (χ0n) is 10.9. The van der Waals surface area contributed by atoms with Crippen LogP contribution in [0.5, 0.6) is 11.5 Å². The Hall–Kier alpha value is -1.71. The summed E-state index contributed by atoms with van der Waals surface area (Å²) in [6.45, 7) is 2.26. The van der Waals surface area contributed by atoms with Crippen molar-refractivity contribution >= 4 is 5.97 Å². The average molecular weight is 250 g/mol. The van der Waals surface area contributed by atoms with Crippen LogP contribution < -0.4 is 9.47 Å². The van der Waals surface area contributed by atoms with Crippen LogP contribution in [-0.2, 0) is 9.53 Å². The Morgan fingerprint density at radius 1 is 1.28 bits per heavy atom. The molecule has 0 aliphatic heterocycles. The normalized spacial score (nSPS) is 21.3. The fraction of sp³-hybridized carbons (Fsp3) is 0.500. The van der Waals surface area contributed by atoms with Crippen molar-refractivity contribution in [1.82, 2.24) is 0 Å². The van der Waals surface area contributed by atoms with Gasteiger partial charge in [0, 0.05) is 0 Å². The first-order valence-corrected chi connectivity index (χ1v) is 6.09. The Morgan fingerprint density at radius 2 is 2.00 bits per heavy atom. The van der Waals surface area contributed by atoms with Crippen molar-refractivity contribution in [3.05, 3.63) is 23.8 Å². The summed E-state index contributed by atoms with van der Waals surface area (Å²) < 4.78 is 15.5. The van der Waals surface area contributed by atoms with E-state index >= 15 is 0 Å². The first-order chi connectivity index (χ1) is 8.71. The Kier molecular flexibility index (Phi) is 3.75. The molecule has 1 saturated carbocycles. The van der Waals surface area contributed by atoms with Crippen molar-refractivity contribution in [3.63, 3.8) is 0 Å². The van der Waals surface area contributed by atoms with E-state index in [1.165, 1.54) is 0 Å². The summed E-state index contributed by atoms with van der Waals surface area (Å²) in [5.74, 6) is 1.56. The highest BCUT2D eigenvalue weighted by Crippen LogP contribution is 2.49. The maximum absolute atomic E-state index is 11.6. The molecule has 0 heterocycles. The zero-order valence-corrected chi connectivity index (χ0v) is 10.9. The lowest BCUT2D eigenvalue weighted by atomic mass is 10.1. The number of carbonyl (C=O) groups is 1. The number of carbonyl (C=O) groups excluding carboxylic acids is 1. The van der Waals surface area contributed by atoms with Crippen LogP contribution in [0.25, 0.3) is 0 Å². The van der Waals surface area contributed by atoms with Gasteiger partial charge in [-0.05, 0) is 37.0 Å². The van der Waals surface area contributed by atoms with Crippen molar-refractivity contribution in [1.29, 1.82) is 0 Å². The predicted octanol–water partition coefficient (Wildman–Crippen LogP) is 2.37. The topological polar surface area (TPSA) is 44.8 Å². The van der Waals surface area contributed by atoms with E-state index in [-0.39, 0.29) is 17.8 Å². The molecule has 1 aliphatic rings. The molecule has 0 spiro atoms. The lowest BCUT2D eigenvalue weighted by Crippen LogP contribution is -2.07. The number of hydrogen-bond acceptors (Lipinski definition) is 4. The van der Waals surface area contributed by atoms with Crippen LogP contribution >= 0.6 is 0 Å². The highest BCUT2D eigenvalue weighted by molar-refractivity contribution is 5.77. The van der Waals surface area contributed by atoms with Gasteiger partial charge in [0.25, 0.3) is 0 Å². The lowest BCUT2D eigenvalue weighted by molar-refractivity contribution is -0.144. The molecular weight excluding hydrogens is 232 g/mol. The molecule has 0 bridgehead atoms. The molecule has 4 nitrogen and oxygen atoms in total. The van der Waals surface area contributed by atoms with Crippen LogP contribution in [0.1, 0.15) is 24.8 Å². The van der Waals surface area contributed by atoms with Gasteiger partial charge < -0.3 is 14.2 Å². The molecule has 4 heteroatoms. The van der Waals surface area contributed by atoms with E-state index in [1.54, 1.807) is 14.2 Å². The molecule has 0 amide bonds. The third-order valence-electron chi connectivity index (χ3n) is 3.22.